The van der Waals surface area contributed by atoms with Crippen LogP contribution in [0.25, 0.3) is 11.1 Å². The highest BCUT2D eigenvalue weighted by atomic mass is 35.5. The number of carboxylic acid groups (broad SMARTS) is 1. The van der Waals surface area contributed by atoms with E-state index in [1.54, 1.807) is 6.92 Å². The van der Waals surface area contributed by atoms with Gasteiger partial charge in [-0.1, -0.05) is 90.5 Å². The van der Waals surface area contributed by atoms with E-state index in [4.69, 9.17) is 21.1 Å². The molecule has 2 atom stereocenters. The summed E-state index contributed by atoms with van der Waals surface area (Å²) in [5.41, 5.74) is 5.04. The molecule has 0 spiro atoms. The summed E-state index contributed by atoms with van der Waals surface area (Å²) in [6.45, 7) is 1.91. The summed E-state index contributed by atoms with van der Waals surface area (Å²) in [5, 5.41) is 15.0. The lowest BCUT2D eigenvalue weighted by Gasteiger charge is -2.25. The molecule has 0 aliphatic heterocycles. The Labute approximate surface area is 248 Å². The Morgan fingerprint density at radius 1 is 0.881 bits per heavy atom. The van der Waals surface area contributed by atoms with Gasteiger partial charge < -0.3 is 25.2 Å². The lowest BCUT2D eigenvalue weighted by Crippen LogP contribution is -2.51. The van der Waals surface area contributed by atoms with Crippen LogP contribution in [0.5, 0.6) is 0 Å². The molecule has 0 heterocycles. The first-order chi connectivity index (χ1) is 20.3. The van der Waals surface area contributed by atoms with E-state index < -0.39 is 30.1 Å². The standard InChI is InChI=1S/C33H29ClN2O6/c1-20(41-18-21-9-3-2-4-10-21)30(31(37)35-29-16-15-22(34)17-27(29)32(38)39)36-33(40)42-19-28-25-13-7-5-11-23(25)24-12-6-8-14-26(24)28/h2-17,20,28,30H,18-19H2,1H3,(H,35,37)(H,36,40)(H,38,39)/t20-,30+/m0/s1. The van der Waals surface area contributed by atoms with Crippen molar-refractivity contribution in [2.75, 3.05) is 11.9 Å². The van der Waals surface area contributed by atoms with Crippen LogP contribution < -0.4 is 10.6 Å². The number of hydrogen-bond acceptors (Lipinski definition) is 5. The van der Waals surface area contributed by atoms with Crippen LogP contribution in [0.1, 0.15) is 39.9 Å². The van der Waals surface area contributed by atoms with Crippen LogP contribution in [0.3, 0.4) is 0 Å². The van der Waals surface area contributed by atoms with Crippen LogP contribution in [-0.2, 0) is 20.9 Å². The molecule has 0 fully saturated rings. The number of aromatic carboxylic acids is 1. The molecule has 9 heteroatoms. The van der Waals surface area contributed by atoms with E-state index >= 15 is 0 Å². The van der Waals surface area contributed by atoms with E-state index in [0.717, 1.165) is 27.8 Å². The van der Waals surface area contributed by atoms with Gasteiger partial charge in [-0.2, -0.15) is 0 Å². The van der Waals surface area contributed by atoms with Crippen LogP contribution in [0.4, 0.5) is 10.5 Å². The van der Waals surface area contributed by atoms with Gasteiger partial charge in [-0.3, -0.25) is 4.79 Å². The maximum Gasteiger partial charge on any atom is 0.407 e. The molecule has 5 rings (SSSR count). The molecule has 0 bridgehead atoms. The molecule has 1 aliphatic rings. The smallest absolute Gasteiger partial charge is 0.407 e. The van der Waals surface area contributed by atoms with Gasteiger partial charge in [0, 0.05) is 10.9 Å². The number of nitrogens with one attached hydrogen (secondary N) is 2. The molecule has 4 aromatic carbocycles. The zero-order valence-electron chi connectivity index (χ0n) is 22.8. The molecule has 3 N–H and O–H groups in total. The molecule has 2 amide bonds. The van der Waals surface area contributed by atoms with Gasteiger partial charge in [0.05, 0.1) is 24.0 Å². The van der Waals surface area contributed by atoms with Crippen molar-refractivity contribution >= 4 is 35.3 Å². The third-order valence-corrected chi connectivity index (χ3v) is 7.43. The number of hydrogen-bond donors (Lipinski definition) is 3. The number of carbonyl (C=O) groups excluding carboxylic acids is 2. The minimum atomic E-state index is -1.26. The van der Waals surface area contributed by atoms with Crippen LogP contribution >= 0.6 is 11.6 Å². The van der Waals surface area contributed by atoms with E-state index in [-0.39, 0.29) is 35.4 Å². The van der Waals surface area contributed by atoms with Gasteiger partial charge in [0.1, 0.15) is 12.6 Å². The quantitative estimate of drug-likeness (QED) is 0.196. The van der Waals surface area contributed by atoms with Crippen LogP contribution in [0.15, 0.2) is 97.1 Å². The van der Waals surface area contributed by atoms with Crippen LogP contribution in [0, 0.1) is 0 Å². The summed E-state index contributed by atoms with van der Waals surface area (Å²) in [4.78, 5) is 38.3. The van der Waals surface area contributed by atoms with Crippen molar-refractivity contribution in [2.45, 2.75) is 31.6 Å². The highest BCUT2D eigenvalue weighted by Gasteiger charge is 2.32. The Morgan fingerprint density at radius 2 is 1.50 bits per heavy atom. The first kappa shape index (κ1) is 28.9. The molecule has 214 valence electrons. The maximum absolute atomic E-state index is 13.5. The predicted molar refractivity (Wildman–Crippen MR) is 160 cm³/mol. The Morgan fingerprint density at radius 3 is 2.14 bits per heavy atom. The summed E-state index contributed by atoms with van der Waals surface area (Å²) in [7, 11) is 0. The summed E-state index contributed by atoms with van der Waals surface area (Å²) in [5.74, 6) is -2.09. The van der Waals surface area contributed by atoms with Gasteiger partial charge >= 0.3 is 12.1 Å². The zero-order valence-corrected chi connectivity index (χ0v) is 23.5. The van der Waals surface area contributed by atoms with Gasteiger partial charge in [0.2, 0.25) is 5.91 Å². The molecule has 0 radical (unpaired) electrons. The average molecular weight is 585 g/mol. The second-order valence-corrected chi connectivity index (χ2v) is 10.4. The lowest BCUT2D eigenvalue weighted by atomic mass is 9.98. The monoisotopic (exact) mass is 584 g/mol. The molecule has 0 aromatic heterocycles. The van der Waals surface area contributed by atoms with Crippen molar-refractivity contribution in [2.24, 2.45) is 0 Å². The summed E-state index contributed by atoms with van der Waals surface area (Å²) in [6, 6.07) is 28.3. The van der Waals surface area contributed by atoms with Gasteiger partial charge in [-0.15, -0.1) is 0 Å². The number of carboxylic acids is 1. The van der Waals surface area contributed by atoms with Crippen LogP contribution in [-0.4, -0.2) is 41.8 Å². The Balaban J connectivity index is 1.32. The van der Waals surface area contributed by atoms with Crippen molar-refractivity contribution in [3.63, 3.8) is 0 Å². The molecule has 8 nitrogen and oxygen atoms in total. The van der Waals surface area contributed by atoms with Crippen molar-refractivity contribution in [3.05, 3.63) is 124 Å². The van der Waals surface area contributed by atoms with Crippen molar-refractivity contribution in [1.82, 2.24) is 5.32 Å². The zero-order chi connectivity index (χ0) is 29.6. The number of carbonyl (C=O) groups is 3. The van der Waals surface area contributed by atoms with Crippen molar-refractivity contribution in [1.29, 1.82) is 0 Å². The lowest BCUT2D eigenvalue weighted by molar-refractivity contribution is -0.121. The fourth-order valence-electron chi connectivity index (χ4n) is 5.07. The predicted octanol–water partition coefficient (Wildman–Crippen LogP) is 6.49. The van der Waals surface area contributed by atoms with E-state index in [1.165, 1.54) is 18.2 Å². The molecule has 1 aliphatic carbocycles. The largest absolute Gasteiger partial charge is 0.478 e. The molecular formula is C33H29ClN2O6. The van der Waals surface area contributed by atoms with Gasteiger partial charge in [0.25, 0.3) is 0 Å². The minimum Gasteiger partial charge on any atom is -0.478 e. The molecular weight excluding hydrogens is 556 g/mol. The third kappa shape index (κ3) is 6.46. The average Bonchev–Trinajstić information content (AvgIpc) is 3.32. The number of halogens is 1. The van der Waals surface area contributed by atoms with Crippen molar-refractivity contribution < 1.29 is 29.0 Å². The van der Waals surface area contributed by atoms with E-state index in [9.17, 15) is 19.5 Å². The summed E-state index contributed by atoms with van der Waals surface area (Å²) >= 11 is 5.96. The van der Waals surface area contributed by atoms with Gasteiger partial charge in [-0.25, -0.2) is 9.59 Å². The molecule has 0 unspecified atom stereocenters. The van der Waals surface area contributed by atoms with Gasteiger partial charge in [-0.05, 0) is 52.9 Å². The topological polar surface area (TPSA) is 114 Å². The number of amides is 2. The number of anilines is 1. The van der Waals surface area contributed by atoms with E-state index in [2.05, 4.69) is 10.6 Å². The van der Waals surface area contributed by atoms with Crippen LogP contribution in [0.2, 0.25) is 5.02 Å². The fourth-order valence-corrected chi connectivity index (χ4v) is 5.25. The number of benzene rings is 4. The van der Waals surface area contributed by atoms with Gasteiger partial charge in [0.15, 0.2) is 0 Å². The Kier molecular flexibility index (Phi) is 8.85. The van der Waals surface area contributed by atoms with E-state index in [0.29, 0.717) is 0 Å². The summed E-state index contributed by atoms with van der Waals surface area (Å²) in [6.07, 6.45) is -1.60. The second-order valence-electron chi connectivity index (χ2n) is 9.93. The first-order valence-corrected chi connectivity index (χ1v) is 13.8. The number of fused-ring (bicyclic) bond motifs is 3. The Bertz CT molecular complexity index is 1560. The molecule has 42 heavy (non-hydrogen) atoms. The number of rotatable bonds is 10. The molecule has 4 aromatic rings. The maximum atomic E-state index is 13.5. The number of ether oxygens (including phenoxy) is 2. The minimum absolute atomic E-state index is 0.0338. The summed E-state index contributed by atoms with van der Waals surface area (Å²) < 4.78 is 11.6. The highest BCUT2D eigenvalue weighted by Crippen LogP contribution is 2.44. The Hall–Kier alpha value is -4.66. The first-order valence-electron chi connectivity index (χ1n) is 13.4. The third-order valence-electron chi connectivity index (χ3n) is 7.19. The molecule has 0 saturated heterocycles. The van der Waals surface area contributed by atoms with Crippen molar-refractivity contribution in [3.8, 4) is 11.1 Å². The normalized spacial score (nSPS) is 13.4. The molecule has 0 saturated carbocycles. The number of alkyl carbamates (subject to hydrolysis) is 1. The second kappa shape index (κ2) is 12.9. The fraction of sp³-hybridized carbons (Fsp3) is 0.182. The highest BCUT2D eigenvalue weighted by molar-refractivity contribution is 6.31. The SMILES string of the molecule is C[C@H](OCc1ccccc1)[C@@H](NC(=O)OCC1c2ccccc2-c2ccccc21)C(=O)Nc1ccc(Cl)cc1C(=O)O. The van der Waals surface area contributed by atoms with E-state index in [1.807, 2.05) is 78.9 Å².